The second kappa shape index (κ2) is 5.86. The Labute approximate surface area is 94.8 Å². The van der Waals surface area contributed by atoms with Crippen molar-refractivity contribution in [3.63, 3.8) is 0 Å². The van der Waals surface area contributed by atoms with E-state index >= 15 is 0 Å². The first-order valence-electron chi connectivity index (χ1n) is 6.36. The lowest BCUT2D eigenvalue weighted by Gasteiger charge is -2.34. The highest BCUT2D eigenvalue weighted by molar-refractivity contribution is 4.79. The monoisotopic (exact) mass is 213 g/mol. The van der Waals surface area contributed by atoms with Crippen molar-refractivity contribution in [2.45, 2.75) is 65.0 Å². The molecule has 1 rings (SSSR count). The maximum atomic E-state index is 5.96. The molecule has 0 heterocycles. The summed E-state index contributed by atoms with van der Waals surface area (Å²) in [7, 11) is 2.02. The molecule has 0 aromatic carbocycles. The van der Waals surface area contributed by atoms with Crippen LogP contribution >= 0.6 is 0 Å². The predicted molar refractivity (Wildman–Crippen MR) is 65.1 cm³/mol. The van der Waals surface area contributed by atoms with Crippen molar-refractivity contribution >= 4 is 0 Å². The van der Waals surface area contributed by atoms with Crippen LogP contribution in [0, 0.1) is 5.41 Å². The average Bonchev–Trinajstić information content (AvgIpc) is 2.21. The number of nitrogens with one attached hydrogen (secondary N) is 1. The molecule has 1 unspecified atom stereocenters. The van der Waals surface area contributed by atoms with Crippen LogP contribution in [0.3, 0.4) is 0 Å². The molecule has 2 nitrogen and oxygen atoms in total. The first kappa shape index (κ1) is 13.0. The van der Waals surface area contributed by atoms with Crippen molar-refractivity contribution in [3.05, 3.63) is 0 Å². The molecule has 2 heteroatoms. The number of ether oxygens (including phenoxy) is 1. The summed E-state index contributed by atoms with van der Waals surface area (Å²) in [6.45, 7) is 7.81. The number of likely N-dealkylation sites (N-methyl/N-ethyl adjacent to an activating group) is 1. The van der Waals surface area contributed by atoms with Crippen molar-refractivity contribution in [2.75, 3.05) is 13.7 Å². The molecule has 1 fully saturated rings. The van der Waals surface area contributed by atoms with Gasteiger partial charge in [-0.1, -0.05) is 20.8 Å². The SMILES string of the molecule is CCC(COC1CCC(C)(C)CC1)NC. The van der Waals surface area contributed by atoms with Gasteiger partial charge in [-0.25, -0.2) is 0 Å². The zero-order chi connectivity index (χ0) is 11.3. The van der Waals surface area contributed by atoms with Crippen LogP contribution in [0.1, 0.15) is 52.9 Å². The van der Waals surface area contributed by atoms with Gasteiger partial charge in [-0.05, 0) is 44.6 Å². The van der Waals surface area contributed by atoms with Gasteiger partial charge in [0.2, 0.25) is 0 Å². The second-order valence-corrected chi connectivity index (χ2v) is 5.59. The van der Waals surface area contributed by atoms with E-state index in [2.05, 4.69) is 26.1 Å². The molecule has 0 amide bonds. The number of rotatable bonds is 5. The van der Waals surface area contributed by atoms with E-state index in [1.165, 1.54) is 25.7 Å². The minimum Gasteiger partial charge on any atom is -0.377 e. The lowest BCUT2D eigenvalue weighted by Crippen LogP contribution is -2.34. The fourth-order valence-corrected chi connectivity index (χ4v) is 2.20. The highest BCUT2D eigenvalue weighted by atomic mass is 16.5. The summed E-state index contributed by atoms with van der Waals surface area (Å²) >= 11 is 0. The van der Waals surface area contributed by atoms with Gasteiger partial charge in [-0.3, -0.25) is 0 Å². The molecule has 1 saturated carbocycles. The molecule has 1 aliphatic carbocycles. The maximum absolute atomic E-state index is 5.96. The van der Waals surface area contributed by atoms with E-state index in [0.29, 0.717) is 17.6 Å². The molecular weight excluding hydrogens is 186 g/mol. The zero-order valence-electron chi connectivity index (χ0n) is 10.8. The van der Waals surface area contributed by atoms with Gasteiger partial charge in [-0.2, -0.15) is 0 Å². The minimum atomic E-state index is 0.514. The smallest absolute Gasteiger partial charge is 0.0623 e. The lowest BCUT2D eigenvalue weighted by molar-refractivity contribution is -0.00508. The first-order valence-corrected chi connectivity index (χ1v) is 6.36. The van der Waals surface area contributed by atoms with E-state index in [0.717, 1.165) is 13.0 Å². The second-order valence-electron chi connectivity index (χ2n) is 5.59. The normalized spacial score (nSPS) is 24.0. The maximum Gasteiger partial charge on any atom is 0.0623 e. The summed E-state index contributed by atoms with van der Waals surface area (Å²) in [6, 6.07) is 0.528. The molecule has 1 atom stereocenters. The van der Waals surface area contributed by atoms with Crippen LogP contribution in [-0.4, -0.2) is 25.8 Å². The first-order chi connectivity index (χ1) is 7.07. The Balaban J connectivity index is 2.18. The van der Waals surface area contributed by atoms with Crippen LogP contribution < -0.4 is 5.32 Å². The molecule has 90 valence electrons. The molecule has 0 aromatic rings. The van der Waals surface area contributed by atoms with Crippen LogP contribution in [0.4, 0.5) is 0 Å². The molecule has 1 aliphatic rings. The molecule has 0 saturated heterocycles. The van der Waals surface area contributed by atoms with Crippen molar-refractivity contribution in [1.29, 1.82) is 0 Å². The van der Waals surface area contributed by atoms with Gasteiger partial charge < -0.3 is 10.1 Å². The van der Waals surface area contributed by atoms with E-state index in [1.54, 1.807) is 0 Å². The van der Waals surface area contributed by atoms with Crippen LogP contribution in [0.2, 0.25) is 0 Å². The third kappa shape index (κ3) is 4.52. The van der Waals surface area contributed by atoms with E-state index in [1.807, 2.05) is 7.05 Å². The minimum absolute atomic E-state index is 0.514. The summed E-state index contributed by atoms with van der Waals surface area (Å²) in [5.74, 6) is 0. The number of hydrogen-bond donors (Lipinski definition) is 1. The molecule has 0 bridgehead atoms. The van der Waals surface area contributed by atoms with Crippen molar-refractivity contribution in [2.24, 2.45) is 5.41 Å². The Morgan fingerprint density at radius 3 is 2.40 bits per heavy atom. The highest BCUT2D eigenvalue weighted by Gasteiger charge is 2.27. The highest BCUT2D eigenvalue weighted by Crippen LogP contribution is 2.36. The molecule has 0 aliphatic heterocycles. The van der Waals surface area contributed by atoms with E-state index in [9.17, 15) is 0 Å². The van der Waals surface area contributed by atoms with Gasteiger partial charge in [0, 0.05) is 6.04 Å². The largest absolute Gasteiger partial charge is 0.377 e. The van der Waals surface area contributed by atoms with Crippen molar-refractivity contribution in [1.82, 2.24) is 5.32 Å². The summed E-state index contributed by atoms with van der Waals surface area (Å²) in [5, 5.41) is 3.28. The summed E-state index contributed by atoms with van der Waals surface area (Å²) in [6.07, 6.45) is 6.78. The Morgan fingerprint density at radius 2 is 1.93 bits per heavy atom. The lowest BCUT2D eigenvalue weighted by atomic mass is 9.76. The molecule has 0 spiro atoms. The average molecular weight is 213 g/mol. The molecule has 0 radical (unpaired) electrons. The summed E-state index contributed by atoms with van der Waals surface area (Å²) in [4.78, 5) is 0. The molecular formula is C13H27NO. The Bertz CT molecular complexity index is 165. The third-order valence-corrected chi connectivity index (χ3v) is 3.72. The van der Waals surface area contributed by atoms with Gasteiger partial charge in [0.05, 0.1) is 12.7 Å². The van der Waals surface area contributed by atoms with E-state index < -0.39 is 0 Å². The summed E-state index contributed by atoms with van der Waals surface area (Å²) in [5.41, 5.74) is 0.549. The van der Waals surface area contributed by atoms with Crippen LogP contribution in [-0.2, 0) is 4.74 Å². The van der Waals surface area contributed by atoms with Gasteiger partial charge in [-0.15, -0.1) is 0 Å². The Hall–Kier alpha value is -0.0800. The van der Waals surface area contributed by atoms with Crippen molar-refractivity contribution in [3.8, 4) is 0 Å². The summed E-state index contributed by atoms with van der Waals surface area (Å²) < 4.78 is 5.96. The van der Waals surface area contributed by atoms with Gasteiger partial charge >= 0.3 is 0 Å². The van der Waals surface area contributed by atoms with Gasteiger partial charge in [0.25, 0.3) is 0 Å². The molecule has 15 heavy (non-hydrogen) atoms. The fourth-order valence-electron chi connectivity index (χ4n) is 2.20. The molecule has 1 N–H and O–H groups in total. The molecule has 0 aromatic heterocycles. The Kier molecular flexibility index (Phi) is 5.07. The van der Waals surface area contributed by atoms with Crippen LogP contribution in [0.15, 0.2) is 0 Å². The fraction of sp³-hybridized carbons (Fsp3) is 1.00. The predicted octanol–water partition coefficient (Wildman–Crippen LogP) is 2.97. The van der Waals surface area contributed by atoms with Gasteiger partial charge in [0.1, 0.15) is 0 Å². The quantitative estimate of drug-likeness (QED) is 0.758. The van der Waals surface area contributed by atoms with Gasteiger partial charge in [0.15, 0.2) is 0 Å². The zero-order valence-corrected chi connectivity index (χ0v) is 10.8. The van der Waals surface area contributed by atoms with Crippen LogP contribution in [0.25, 0.3) is 0 Å². The standard InChI is InChI=1S/C13H27NO/c1-5-11(14-4)10-15-12-6-8-13(2,3)9-7-12/h11-12,14H,5-10H2,1-4H3. The number of hydrogen-bond acceptors (Lipinski definition) is 2. The Morgan fingerprint density at radius 1 is 1.33 bits per heavy atom. The third-order valence-electron chi connectivity index (χ3n) is 3.72. The van der Waals surface area contributed by atoms with E-state index in [4.69, 9.17) is 4.74 Å². The topological polar surface area (TPSA) is 21.3 Å². The van der Waals surface area contributed by atoms with Crippen molar-refractivity contribution < 1.29 is 4.74 Å². The van der Waals surface area contributed by atoms with Crippen LogP contribution in [0.5, 0.6) is 0 Å². The van der Waals surface area contributed by atoms with E-state index in [-0.39, 0.29) is 0 Å².